The highest BCUT2D eigenvalue weighted by atomic mass is 19.1. The van der Waals surface area contributed by atoms with E-state index < -0.39 is 29.1 Å². The summed E-state index contributed by atoms with van der Waals surface area (Å²) in [6, 6.07) is 1.01. The summed E-state index contributed by atoms with van der Waals surface area (Å²) in [5.74, 6) is -3.26. The molecular formula is C9H7F3O. The van der Waals surface area contributed by atoms with Crippen molar-refractivity contribution in [2.45, 2.75) is 6.10 Å². The molecule has 4 heteroatoms. The molecule has 0 aromatic heterocycles. The van der Waals surface area contributed by atoms with E-state index in [2.05, 4.69) is 6.58 Å². The maximum Gasteiger partial charge on any atom is 0.135 e. The van der Waals surface area contributed by atoms with Crippen molar-refractivity contribution >= 4 is 0 Å². The zero-order valence-electron chi connectivity index (χ0n) is 6.60. The maximum atomic E-state index is 12.9. The predicted molar refractivity (Wildman–Crippen MR) is 41.5 cm³/mol. The van der Waals surface area contributed by atoms with Crippen molar-refractivity contribution in [2.24, 2.45) is 0 Å². The van der Waals surface area contributed by atoms with Crippen LogP contribution in [0.15, 0.2) is 24.8 Å². The molecule has 13 heavy (non-hydrogen) atoms. The van der Waals surface area contributed by atoms with Crippen LogP contribution in [0.2, 0.25) is 0 Å². The van der Waals surface area contributed by atoms with Crippen LogP contribution in [0.25, 0.3) is 0 Å². The monoisotopic (exact) mass is 188 g/mol. The second kappa shape index (κ2) is 3.62. The van der Waals surface area contributed by atoms with E-state index in [1.54, 1.807) is 0 Å². The van der Waals surface area contributed by atoms with Gasteiger partial charge in [-0.15, -0.1) is 6.58 Å². The highest BCUT2D eigenvalue weighted by molar-refractivity contribution is 5.25. The lowest BCUT2D eigenvalue weighted by Gasteiger charge is -2.07. The molecule has 0 saturated carbocycles. The third kappa shape index (κ3) is 1.89. The molecule has 1 unspecified atom stereocenters. The first kappa shape index (κ1) is 9.80. The van der Waals surface area contributed by atoms with Gasteiger partial charge >= 0.3 is 0 Å². The Morgan fingerprint density at radius 3 is 2.08 bits per heavy atom. The molecule has 0 spiro atoms. The van der Waals surface area contributed by atoms with E-state index in [4.69, 9.17) is 5.11 Å². The second-order valence-corrected chi connectivity index (χ2v) is 2.46. The summed E-state index contributed by atoms with van der Waals surface area (Å²) in [5.41, 5.74) is -0.587. The van der Waals surface area contributed by atoms with E-state index in [1.165, 1.54) is 0 Å². The lowest BCUT2D eigenvalue weighted by Crippen LogP contribution is -2.02. The first-order chi connectivity index (χ1) is 6.06. The van der Waals surface area contributed by atoms with Gasteiger partial charge in [-0.1, -0.05) is 6.08 Å². The number of rotatable bonds is 2. The van der Waals surface area contributed by atoms with Crippen LogP contribution in [0.5, 0.6) is 0 Å². The number of aliphatic hydroxyl groups excluding tert-OH is 1. The summed E-state index contributed by atoms with van der Waals surface area (Å²) in [6.07, 6.45) is -0.500. The fraction of sp³-hybridized carbons (Fsp3) is 0.111. The lowest BCUT2D eigenvalue weighted by atomic mass is 10.1. The van der Waals surface area contributed by atoms with Crippen LogP contribution in [0, 0.1) is 17.5 Å². The van der Waals surface area contributed by atoms with Gasteiger partial charge in [-0.05, 0) is 0 Å². The minimum atomic E-state index is -1.46. The van der Waals surface area contributed by atoms with Crippen LogP contribution >= 0.6 is 0 Å². The lowest BCUT2D eigenvalue weighted by molar-refractivity contribution is 0.217. The Labute approximate surface area is 73.1 Å². The van der Waals surface area contributed by atoms with Crippen molar-refractivity contribution in [3.8, 4) is 0 Å². The number of halogens is 3. The summed E-state index contributed by atoms with van der Waals surface area (Å²) in [6.45, 7) is 3.16. The quantitative estimate of drug-likeness (QED) is 0.706. The number of benzene rings is 1. The van der Waals surface area contributed by atoms with Crippen molar-refractivity contribution in [2.75, 3.05) is 0 Å². The van der Waals surface area contributed by atoms with Crippen molar-refractivity contribution < 1.29 is 18.3 Å². The standard InChI is InChI=1S/C9H7F3O/c1-2-8(13)9-6(11)3-5(10)4-7(9)12/h2-4,8,13H,1H2. The Morgan fingerprint density at radius 1 is 1.23 bits per heavy atom. The van der Waals surface area contributed by atoms with E-state index in [9.17, 15) is 13.2 Å². The largest absolute Gasteiger partial charge is 0.384 e. The van der Waals surface area contributed by atoms with Crippen LogP contribution in [0.3, 0.4) is 0 Å². The van der Waals surface area contributed by atoms with Crippen LogP contribution in [-0.2, 0) is 0 Å². The highest BCUT2D eigenvalue weighted by Crippen LogP contribution is 2.22. The molecule has 0 bridgehead atoms. The van der Waals surface area contributed by atoms with Crippen LogP contribution < -0.4 is 0 Å². The Hall–Kier alpha value is -1.29. The molecule has 0 fully saturated rings. The Morgan fingerprint density at radius 2 is 1.69 bits per heavy atom. The van der Waals surface area contributed by atoms with E-state index >= 15 is 0 Å². The van der Waals surface area contributed by atoms with Gasteiger partial charge in [-0.3, -0.25) is 0 Å². The molecule has 70 valence electrons. The fourth-order valence-electron chi connectivity index (χ4n) is 0.954. The third-order valence-corrected chi connectivity index (χ3v) is 1.56. The van der Waals surface area contributed by atoms with E-state index in [0.717, 1.165) is 6.08 Å². The zero-order chi connectivity index (χ0) is 10.0. The molecule has 1 rings (SSSR count). The van der Waals surface area contributed by atoms with E-state index in [-0.39, 0.29) is 0 Å². The maximum absolute atomic E-state index is 12.9. The second-order valence-electron chi connectivity index (χ2n) is 2.46. The SMILES string of the molecule is C=CC(O)c1c(F)cc(F)cc1F. The normalized spacial score (nSPS) is 12.6. The van der Waals surface area contributed by atoms with Gasteiger partial charge in [0, 0.05) is 12.1 Å². The van der Waals surface area contributed by atoms with Gasteiger partial charge in [0.05, 0.1) is 5.56 Å². The molecule has 0 saturated heterocycles. The number of hydrogen-bond acceptors (Lipinski definition) is 1. The molecule has 1 atom stereocenters. The molecule has 0 aliphatic rings. The Balaban J connectivity index is 3.28. The van der Waals surface area contributed by atoms with Crippen molar-refractivity contribution in [1.29, 1.82) is 0 Å². The van der Waals surface area contributed by atoms with Crippen LogP contribution in [0.1, 0.15) is 11.7 Å². The van der Waals surface area contributed by atoms with E-state index in [1.807, 2.05) is 0 Å². The molecule has 0 aliphatic carbocycles. The summed E-state index contributed by atoms with van der Waals surface area (Å²) in [4.78, 5) is 0. The molecule has 0 radical (unpaired) electrons. The number of aliphatic hydroxyl groups is 1. The van der Waals surface area contributed by atoms with Gasteiger partial charge < -0.3 is 5.11 Å². The van der Waals surface area contributed by atoms with Gasteiger partial charge in [0.25, 0.3) is 0 Å². The summed E-state index contributed by atoms with van der Waals surface area (Å²) < 4.78 is 38.1. The van der Waals surface area contributed by atoms with E-state index in [0.29, 0.717) is 12.1 Å². The molecule has 1 N–H and O–H groups in total. The Kier molecular flexibility index (Phi) is 2.72. The minimum Gasteiger partial charge on any atom is -0.384 e. The summed E-state index contributed by atoms with van der Waals surface area (Å²) in [5, 5.41) is 9.06. The molecular weight excluding hydrogens is 181 g/mol. The molecule has 1 aromatic rings. The van der Waals surface area contributed by atoms with Crippen molar-refractivity contribution in [1.82, 2.24) is 0 Å². The third-order valence-electron chi connectivity index (χ3n) is 1.56. The van der Waals surface area contributed by atoms with Crippen LogP contribution in [0.4, 0.5) is 13.2 Å². The minimum absolute atomic E-state index is 0.505. The van der Waals surface area contributed by atoms with Gasteiger partial charge in [0.1, 0.15) is 23.6 Å². The molecule has 0 aliphatic heterocycles. The number of hydrogen-bond donors (Lipinski definition) is 1. The van der Waals surface area contributed by atoms with Gasteiger partial charge in [-0.25, -0.2) is 13.2 Å². The topological polar surface area (TPSA) is 20.2 Å². The Bertz CT molecular complexity index is 313. The van der Waals surface area contributed by atoms with Gasteiger partial charge in [0.15, 0.2) is 0 Å². The highest BCUT2D eigenvalue weighted by Gasteiger charge is 2.16. The van der Waals surface area contributed by atoms with Crippen molar-refractivity contribution in [3.63, 3.8) is 0 Å². The fourth-order valence-corrected chi connectivity index (χ4v) is 0.954. The van der Waals surface area contributed by atoms with Gasteiger partial charge in [-0.2, -0.15) is 0 Å². The average Bonchev–Trinajstić information content (AvgIpc) is 2.02. The van der Waals surface area contributed by atoms with Crippen LogP contribution in [-0.4, -0.2) is 5.11 Å². The summed E-state index contributed by atoms with van der Waals surface area (Å²) in [7, 11) is 0. The first-order valence-corrected chi connectivity index (χ1v) is 3.51. The predicted octanol–water partition coefficient (Wildman–Crippen LogP) is 2.32. The molecule has 1 aromatic carbocycles. The van der Waals surface area contributed by atoms with Gasteiger partial charge in [0.2, 0.25) is 0 Å². The zero-order valence-corrected chi connectivity index (χ0v) is 6.60. The van der Waals surface area contributed by atoms with Crippen molar-refractivity contribution in [3.05, 3.63) is 47.8 Å². The first-order valence-electron chi connectivity index (χ1n) is 3.51. The molecule has 0 heterocycles. The molecule has 1 nitrogen and oxygen atoms in total. The summed E-state index contributed by atoms with van der Waals surface area (Å²) >= 11 is 0. The smallest absolute Gasteiger partial charge is 0.135 e. The average molecular weight is 188 g/mol. The molecule has 0 amide bonds.